The van der Waals surface area contributed by atoms with Gasteiger partial charge in [0.2, 0.25) is 0 Å². The van der Waals surface area contributed by atoms with Crippen LogP contribution < -0.4 is 5.32 Å². The molecule has 74 valence electrons. The minimum atomic E-state index is -3.32. The Morgan fingerprint density at radius 2 is 2.46 bits per heavy atom. The van der Waals surface area contributed by atoms with Crippen LogP contribution in [0.5, 0.6) is 0 Å². The van der Waals surface area contributed by atoms with Gasteiger partial charge in [0.25, 0.3) is 10.1 Å². The monoisotopic (exact) mass is 222 g/mol. The van der Waals surface area contributed by atoms with E-state index in [-0.39, 0.29) is 6.61 Å². The third kappa shape index (κ3) is 4.81. The number of thiazole rings is 1. The second kappa shape index (κ2) is 4.54. The van der Waals surface area contributed by atoms with Crippen LogP contribution in [0, 0.1) is 0 Å². The zero-order chi connectivity index (χ0) is 9.73. The fraction of sp³-hybridized carbons (Fsp3) is 0.500. The molecule has 0 amide bonds. The average Bonchev–Trinajstić information content (AvgIpc) is 2.48. The first-order valence-electron chi connectivity index (χ1n) is 3.55. The first-order chi connectivity index (χ1) is 6.08. The molecule has 13 heavy (non-hydrogen) atoms. The van der Waals surface area contributed by atoms with Crippen molar-refractivity contribution in [2.75, 3.05) is 24.7 Å². The second-order valence-electron chi connectivity index (χ2n) is 2.32. The van der Waals surface area contributed by atoms with Gasteiger partial charge in [-0.25, -0.2) is 0 Å². The maximum Gasteiger partial charge on any atom is 0.264 e. The van der Waals surface area contributed by atoms with Crippen LogP contribution in [0.15, 0.2) is 11.7 Å². The Balaban J connectivity index is 2.16. The molecule has 1 N–H and O–H groups in total. The minimum Gasteiger partial charge on any atom is -0.373 e. The van der Waals surface area contributed by atoms with Gasteiger partial charge in [0.1, 0.15) is 5.00 Å². The Morgan fingerprint density at radius 3 is 3.00 bits per heavy atom. The first-order valence-corrected chi connectivity index (χ1v) is 6.24. The molecule has 0 aliphatic heterocycles. The van der Waals surface area contributed by atoms with Gasteiger partial charge in [0, 0.05) is 6.54 Å². The van der Waals surface area contributed by atoms with Gasteiger partial charge in [-0.05, 0) is 0 Å². The van der Waals surface area contributed by atoms with Crippen molar-refractivity contribution in [1.29, 1.82) is 0 Å². The number of hydrogen-bond acceptors (Lipinski definition) is 6. The van der Waals surface area contributed by atoms with E-state index in [1.54, 1.807) is 11.7 Å². The highest BCUT2D eigenvalue weighted by atomic mass is 32.2. The van der Waals surface area contributed by atoms with Crippen LogP contribution in [0.25, 0.3) is 0 Å². The Kier molecular flexibility index (Phi) is 3.64. The molecule has 1 aromatic heterocycles. The third-order valence-corrected chi connectivity index (χ3v) is 2.46. The van der Waals surface area contributed by atoms with Gasteiger partial charge in [-0.1, -0.05) is 0 Å². The van der Waals surface area contributed by atoms with E-state index in [2.05, 4.69) is 14.5 Å². The number of aromatic nitrogens is 1. The zero-order valence-corrected chi connectivity index (χ0v) is 8.69. The normalized spacial score (nSPS) is 11.5. The zero-order valence-electron chi connectivity index (χ0n) is 7.06. The highest BCUT2D eigenvalue weighted by Gasteiger charge is 2.00. The maximum absolute atomic E-state index is 10.5. The topological polar surface area (TPSA) is 68.3 Å². The van der Waals surface area contributed by atoms with E-state index < -0.39 is 10.1 Å². The quantitative estimate of drug-likeness (QED) is 0.581. The van der Waals surface area contributed by atoms with Crippen molar-refractivity contribution in [1.82, 2.24) is 4.98 Å². The highest BCUT2D eigenvalue weighted by Crippen LogP contribution is 2.11. The molecule has 0 saturated carbocycles. The molecule has 0 spiro atoms. The summed E-state index contributed by atoms with van der Waals surface area (Å²) in [4.78, 5) is 3.85. The van der Waals surface area contributed by atoms with Gasteiger partial charge in [-0.3, -0.25) is 9.17 Å². The SMILES string of the molecule is CS(=O)(=O)OCCNc1cncs1. The lowest BCUT2D eigenvalue weighted by Gasteiger charge is -2.02. The van der Waals surface area contributed by atoms with Crippen LogP contribution in [0.4, 0.5) is 5.00 Å². The minimum absolute atomic E-state index is 0.136. The summed E-state index contributed by atoms with van der Waals surface area (Å²) in [6.45, 7) is 0.589. The molecule has 0 saturated heterocycles. The van der Waals surface area contributed by atoms with Crippen molar-refractivity contribution in [2.24, 2.45) is 0 Å². The molecule has 7 heteroatoms. The van der Waals surface area contributed by atoms with Crippen LogP contribution in [0.3, 0.4) is 0 Å². The van der Waals surface area contributed by atoms with E-state index in [0.717, 1.165) is 11.3 Å². The predicted octanol–water partition coefficient (Wildman–Crippen LogP) is 0.531. The van der Waals surface area contributed by atoms with Crippen LogP contribution in [-0.2, 0) is 14.3 Å². The van der Waals surface area contributed by atoms with Gasteiger partial charge >= 0.3 is 0 Å². The van der Waals surface area contributed by atoms with Gasteiger partial charge in [-0.15, -0.1) is 11.3 Å². The number of rotatable bonds is 5. The Morgan fingerprint density at radius 1 is 1.69 bits per heavy atom. The summed E-state index contributed by atoms with van der Waals surface area (Å²) in [5.74, 6) is 0. The lowest BCUT2D eigenvalue weighted by atomic mass is 10.7. The molecular formula is C6H10N2O3S2. The summed E-state index contributed by atoms with van der Waals surface area (Å²) in [5.41, 5.74) is 1.69. The summed E-state index contributed by atoms with van der Waals surface area (Å²) in [5, 5.41) is 3.86. The standard InChI is InChI=1S/C6H10N2O3S2/c1-13(9,10)11-3-2-8-6-4-7-5-12-6/h4-5,8H,2-3H2,1H3. The molecule has 0 aliphatic rings. The van der Waals surface area contributed by atoms with Gasteiger partial charge in [0.15, 0.2) is 0 Å². The molecule has 0 radical (unpaired) electrons. The van der Waals surface area contributed by atoms with Crippen LogP contribution >= 0.6 is 11.3 Å². The molecule has 5 nitrogen and oxygen atoms in total. The first kappa shape index (κ1) is 10.4. The highest BCUT2D eigenvalue weighted by molar-refractivity contribution is 7.85. The lowest BCUT2D eigenvalue weighted by Crippen LogP contribution is -2.12. The second-order valence-corrected chi connectivity index (χ2v) is 4.85. The lowest BCUT2D eigenvalue weighted by molar-refractivity contribution is 0.336. The van der Waals surface area contributed by atoms with E-state index in [1.165, 1.54) is 11.3 Å². The molecule has 0 aromatic carbocycles. The van der Waals surface area contributed by atoms with Crippen LogP contribution in [0.1, 0.15) is 0 Å². The van der Waals surface area contributed by atoms with E-state index in [9.17, 15) is 8.42 Å². The molecule has 0 unspecified atom stereocenters. The Hall–Kier alpha value is -0.660. The summed E-state index contributed by atoms with van der Waals surface area (Å²) in [6, 6.07) is 0. The van der Waals surface area contributed by atoms with Gasteiger partial charge < -0.3 is 5.32 Å². The summed E-state index contributed by atoms with van der Waals surface area (Å²) in [6.07, 6.45) is 2.70. The molecule has 1 heterocycles. The van der Waals surface area contributed by atoms with Crippen molar-refractivity contribution in [3.8, 4) is 0 Å². The molecular weight excluding hydrogens is 212 g/mol. The number of nitrogens with one attached hydrogen (secondary N) is 1. The average molecular weight is 222 g/mol. The number of nitrogens with zero attached hydrogens (tertiary/aromatic N) is 1. The van der Waals surface area contributed by atoms with Crippen molar-refractivity contribution >= 4 is 26.5 Å². The smallest absolute Gasteiger partial charge is 0.264 e. The number of hydrogen-bond donors (Lipinski definition) is 1. The van der Waals surface area contributed by atoms with E-state index in [4.69, 9.17) is 0 Å². The predicted molar refractivity (Wildman–Crippen MR) is 51.4 cm³/mol. The number of anilines is 1. The van der Waals surface area contributed by atoms with Crippen molar-refractivity contribution in [2.45, 2.75) is 0 Å². The van der Waals surface area contributed by atoms with Crippen LogP contribution in [0.2, 0.25) is 0 Å². The summed E-state index contributed by atoms with van der Waals surface area (Å²) in [7, 11) is -3.32. The largest absolute Gasteiger partial charge is 0.373 e. The molecule has 0 bridgehead atoms. The van der Waals surface area contributed by atoms with Gasteiger partial charge in [-0.2, -0.15) is 8.42 Å². The molecule has 0 fully saturated rings. The Bertz CT molecular complexity index is 333. The maximum atomic E-state index is 10.5. The van der Waals surface area contributed by atoms with E-state index in [0.29, 0.717) is 6.54 Å². The van der Waals surface area contributed by atoms with Crippen molar-refractivity contribution < 1.29 is 12.6 Å². The third-order valence-electron chi connectivity index (χ3n) is 1.13. The molecule has 1 rings (SSSR count). The fourth-order valence-corrected chi connectivity index (χ4v) is 1.60. The molecule has 0 aliphatic carbocycles. The molecule has 1 aromatic rings. The van der Waals surface area contributed by atoms with Gasteiger partial charge in [0.05, 0.1) is 24.6 Å². The molecule has 0 atom stereocenters. The fourth-order valence-electron chi connectivity index (χ4n) is 0.670. The van der Waals surface area contributed by atoms with Crippen molar-refractivity contribution in [3.63, 3.8) is 0 Å². The van der Waals surface area contributed by atoms with Crippen LogP contribution in [-0.4, -0.2) is 32.8 Å². The van der Waals surface area contributed by atoms with Crippen molar-refractivity contribution in [3.05, 3.63) is 11.7 Å². The Labute approximate surface area is 80.9 Å². The summed E-state index contributed by atoms with van der Waals surface area (Å²) < 4.78 is 25.6. The van der Waals surface area contributed by atoms with E-state index in [1.807, 2.05) is 0 Å². The summed E-state index contributed by atoms with van der Waals surface area (Å²) >= 11 is 1.45. The van der Waals surface area contributed by atoms with E-state index >= 15 is 0 Å².